The van der Waals surface area contributed by atoms with Gasteiger partial charge in [0.15, 0.2) is 0 Å². The lowest BCUT2D eigenvalue weighted by Crippen LogP contribution is -2.58. The number of fused-ring (bicyclic) bond motifs is 1. The minimum absolute atomic E-state index is 0.205. The SMILES string of the molecule is COC(=O)/C=C1\N[C@H]2CCCC[C@H]2NC1=O. The van der Waals surface area contributed by atoms with Gasteiger partial charge < -0.3 is 15.4 Å². The second kappa shape index (κ2) is 4.55. The van der Waals surface area contributed by atoms with Gasteiger partial charge in [0.25, 0.3) is 5.91 Å². The van der Waals surface area contributed by atoms with Crippen molar-refractivity contribution in [3.63, 3.8) is 0 Å². The average molecular weight is 224 g/mol. The van der Waals surface area contributed by atoms with Crippen LogP contribution in [0.1, 0.15) is 25.7 Å². The molecule has 2 rings (SSSR count). The molecule has 2 N–H and O–H groups in total. The summed E-state index contributed by atoms with van der Waals surface area (Å²) >= 11 is 0. The zero-order valence-corrected chi connectivity index (χ0v) is 9.29. The summed E-state index contributed by atoms with van der Waals surface area (Å²) in [6.07, 6.45) is 5.56. The molecule has 1 heterocycles. The Labute approximate surface area is 94.2 Å². The van der Waals surface area contributed by atoms with Gasteiger partial charge in [-0.1, -0.05) is 12.8 Å². The van der Waals surface area contributed by atoms with Crippen molar-refractivity contribution in [3.8, 4) is 0 Å². The van der Waals surface area contributed by atoms with E-state index >= 15 is 0 Å². The molecule has 0 spiro atoms. The van der Waals surface area contributed by atoms with Crippen LogP contribution in [0.4, 0.5) is 0 Å². The predicted molar refractivity (Wildman–Crippen MR) is 57.4 cm³/mol. The highest BCUT2D eigenvalue weighted by atomic mass is 16.5. The highest BCUT2D eigenvalue weighted by Gasteiger charge is 2.33. The first-order chi connectivity index (χ1) is 7.70. The number of carbonyl (C=O) groups excluding carboxylic acids is 2. The molecule has 16 heavy (non-hydrogen) atoms. The van der Waals surface area contributed by atoms with Crippen molar-refractivity contribution >= 4 is 11.9 Å². The van der Waals surface area contributed by atoms with Crippen LogP contribution in [0, 0.1) is 0 Å². The van der Waals surface area contributed by atoms with Crippen LogP contribution in [0.15, 0.2) is 11.8 Å². The zero-order valence-electron chi connectivity index (χ0n) is 9.29. The molecule has 0 radical (unpaired) electrons. The maximum atomic E-state index is 11.7. The quantitative estimate of drug-likeness (QED) is 0.489. The van der Waals surface area contributed by atoms with Crippen molar-refractivity contribution in [1.82, 2.24) is 10.6 Å². The van der Waals surface area contributed by atoms with Crippen molar-refractivity contribution < 1.29 is 14.3 Å². The zero-order chi connectivity index (χ0) is 11.5. The maximum absolute atomic E-state index is 11.7. The van der Waals surface area contributed by atoms with E-state index in [1.807, 2.05) is 0 Å². The lowest BCUT2D eigenvalue weighted by atomic mass is 9.88. The largest absolute Gasteiger partial charge is 0.466 e. The fourth-order valence-corrected chi connectivity index (χ4v) is 2.27. The number of hydrogen-bond acceptors (Lipinski definition) is 4. The van der Waals surface area contributed by atoms with Gasteiger partial charge in [-0.2, -0.15) is 0 Å². The van der Waals surface area contributed by atoms with E-state index in [4.69, 9.17) is 0 Å². The Hall–Kier alpha value is -1.52. The number of esters is 1. The highest BCUT2D eigenvalue weighted by Crippen LogP contribution is 2.22. The van der Waals surface area contributed by atoms with E-state index in [0.717, 1.165) is 25.7 Å². The van der Waals surface area contributed by atoms with Crippen LogP contribution < -0.4 is 10.6 Å². The minimum Gasteiger partial charge on any atom is -0.466 e. The van der Waals surface area contributed by atoms with Gasteiger partial charge in [-0.25, -0.2) is 4.79 Å². The topological polar surface area (TPSA) is 67.4 Å². The van der Waals surface area contributed by atoms with E-state index in [2.05, 4.69) is 15.4 Å². The number of rotatable bonds is 1. The molecule has 0 bridgehead atoms. The lowest BCUT2D eigenvalue weighted by molar-refractivity contribution is -0.135. The molecule has 5 heteroatoms. The number of carbonyl (C=O) groups is 2. The summed E-state index contributed by atoms with van der Waals surface area (Å²) in [6.45, 7) is 0. The third-order valence-corrected chi connectivity index (χ3v) is 3.13. The maximum Gasteiger partial charge on any atom is 0.332 e. The number of piperazine rings is 1. The van der Waals surface area contributed by atoms with Crippen LogP contribution in [0.5, 0.6) is 0 Å². The van der Waals surface area contributed by atoms with Crippen molar-refractivity contribution in [2.45, 2.75) is 37.8 Å². The summed E-state index contributed by atoms with van der Waals surface area (Å²) in [7, 11) is 1.30. The van der Waals surface area contributed by atoms with Crippen molar-refractivity contribution in [3.05, 3.63) is 11.8 Å². The third kappa shape index (κ3) is 2.18. The fourth-order valence-electron chi connectivity index (χ4n) is 2.27. The number of hydrogen-bond donors (Lipinski definition) is 2. The van der Waals surface area contributed by atoms with E-state index in [1.54, 1.807) is 0 Å². The Morgan fingerprint density at radius 1 is 1.31 bits per heavy atom. The van der Waals surface area contributed by atoms with Crippen LogP contribution in [0.2, 0.25) is 0 Å². The van der Waals surface area contributed by atoms with Crippen LogP contribution in [-0.2, 0) is 14.3 Å². The summed E-state index contributed by atoms with van der Waals surface area (Å²) in [4.78, 5) is 22.7. The highest BCUT2D eigenvalue weighted by molar-refractivity contribution is 5.99. The van der Waals surface area contributed by atoms with Gasteiger partial charge in [0.05, 0.1) is 13.2 Å². The summed E-state index contributed by atoms with van der Waals surface area (Å²) in [5.41, 5.74) is 0.315. The molecule has 5 nitrogen and oxygen atoms in total. The molecule has 0 aromatic carbocycles. The Kier molecular flexibility index (Phi) is 3.12. The van der Waals surface area contributed by atoms with E-state index in [0.29, 0.717) is 5.70 Å². The number of amides is 1. The van der Waals surface area contributed by atoms with E-state index in [9.17, 15) is 9.59 Å². The number of nitrogens with one attached hydrogen (secondary N) is 2. The van der Waals surface area contributed by atoms with Crippen LogP contribution in [-0.4, -0.2) is 31.1 Å². The molecule has 2 fully saturated rings. The van der Waals surface area contributed by atoms with Gasteiger partial charge >= 0.3 is 5.97 Å². The molecule has 2 atom stereocenters. The summed E-state index contributed by atoms with van der Waals surface area (Å²) in [5.74, 6) is -0.722. The molecular formula is C11H16N2O3. The van der Waals surface area contributed by atoms with E-state index in [-0.39, 0.29) is 18.0 Å². The molecule has 1 saturated heterocycles. The molecule has 0 aromatic heterocycles. The first kappa shape index (κ1) is 11.0. The molecule has 0 unspecified atom stereocenters. The smallest absolute Gasteiger partial charge is 0.332 e. The molecule has 88 valence electrons. The standard InChI is InChI=1S/C11H16N2O3/c1-16-10(14)6-9-11(15)13-8-5-3-2-4-7(8)12-9/h6-8,12H,2-5H2,1H3,(H,13,15)/b9-6-/t7-,8+/m0/s1. The number of ether oxygens (including phenoxy) is 1. The summed E-state index contributed by atoms with van der Waals surface area (Å²) in [6, 6.07) is 0.457. The molecule has 0 aromatic rings. The summed E-state index contributed by atoms with van der Waals surface area (Å²) < 4.78 is 4.50. The second-order valence-corrected chi connectivity index (χ2v) is 4.20. The van der Waals surface area contributed by atoms with Crippen LogP contribution >= 0.6 is 0 Å². The Morgan fingerprint density at radius 3 is 2.56 bits per heavy atom. The monoisotopic (exact) mass is 224 g/mol. The van der Waals surface area contributed by atoms with E-state index < -0.39 is 5.97 Å². The Bertz CT molecular complexity index is 338. The fraction of sp³-hybridized carbons (Fsp3) is 0.636. The van der Waals surface area contributed by atoms with Crippen molar-refractivity contribution in [2.75, 3.05) is 7.11 Å². The molecular weight excluding hydrogens is 208 g/mol. The Morgan fingerprint density at radius 2 is 1.94 bits per heavy atom. The number of methoxy groups -OCH3 is 1. The van der Waals surface area contributed by atoms with Crippen molar-refractivity contribution in [2.24, 2.45) is 0 Å². The first-order valence-corrected chi connectivity index (χ1v) is 5.58. The van der Waals surface area contributed by atoms with Gasteiger partial charge in [0, 0.05) is 12.1 Å². The summed E-state index contributed by atoms with van der Waals surface area (Å²) in [5, 5.41) is 6.04. The second-order valence-electron chi connectivity index (χ2n) is 4.20. The van der Waals surface area contributed by atoms with E-state index in [1.165, 1.54) is 13.2 Å². The van der Waals surface area contributed by atoms with Crippen LogP contribution in [0.25, 0.3) is 0 Å². The lowest BCUT2D eigenvalue weighted by Gasteiger charge is -2.38. The molecule has 1 saturated carbocycles. The van der Waals surface area contributed by atoms with Crippen LogP contribution in [0.3, 0.4) is 0 Å². The molecule has 2 aliphatic rings. The molecule has 1 aliphatic carbocycles. The van der Waals surface area contributed by atoms with Gasteiger partial charge in [-0.15, -0.1) is 0 Å². The normalized spacial score (nSPS) is 31.3. The van der Waals surface area contributed by atoms with Gasteiger partial charge in [0.2, 0.25) is 0 Å². The average Bonchev–Trinajstić information content (AvgIpc) is 2.30. The Balaban J connectivity index is 2.08. The minimum atomic E-state index is -0.507. The van der Waals surface area contributed by atoms with Gasteiger partial charge in [-0.3, -0.25) is 4.79 Å². The van der Waals surface area contributed by atoms with Gasteiger partial charge in [-0.05, 0) is 12.8 Å². The van der Waals surface area contributed by atoms with Gasteiger partial charge in [0.1, 0.15) is 5.70 Å². The molecule has 1 amide bonds. The first-order valence-electron chi connectivity index (χ1n) is 5.58. The molecule has 1 aliphatic heterocycles. The third-order valence-electron chi connectivity index (χ3n) is 3.13. The van der Waals surface area contributed by atoms with Crippen molar-refractivity contribution in [1.29, 1.82) is 0 Å². The predicted octanol–water partition coefficient (Wildman–Crippen LogP) is 0.0739.